The van der Waals surface area contributed by atoms with Gasteiger partial charge in [0.1, 0.15) is 0 Å². The van der Waals surface area contributed by atoms with Gasteiger partial charge in [0.15, 0.2) is 0 Å². The largest absolute Gasteiger partial charge is 0.478 e. The van der Waals surface area contributed by atoms with E-state index in [2.05, 4.69) is 20.8 Å². The van der Waals surface area contributed by atoms with E-state index in [-0.39, 0.29) is 16.7 Å². The van der Waals surface area contributed by atoms with Crippen molar-refractivity contribution >= 4 is 5.97 Å². The number of hydrogen-bond acceptors (Lipinski definition) is 3. The molecule has 24 heavy (non-hydrogen) atoms. The lowest BCUT2D eigenvalue weighted by molar-refractivity contribution is -0.220. The van der Waals surface area contributed by atoms with Crippen molar-refractivity contribution in [2.24, 2.45) is 22.7 Å². The standard InChI is InChI=1S/C20H34O4/c1-13(11-17(22)23)7-8-14-19(4)10-6-9-18(2,3)15(19)12-16(21)20(14,5)24/h11,14-16,21,24H,6-10,12H2,1-5H3,(H,22,23). The zero-order chi connectivity index (χ0) is 18.3. The third kappa shape index (κ3) is 3.41. The molecule has 3 N–H and O–H groups in total. The maximum absolute atomic E-state index is 11.1. The van der Waals surface area contributed by atoms with Crippen LogP contribution in [-0.2, 0) is 4.79 Å². The minimum absolute atomic E-state index is 0.0199. The Morgan fingerprint density at radius 1 is 1.21 bits per heavy atom. The molecule has 2 saturated carbocycles. The van der Waals surface area contributed by atoms with Crippen LogP contribution in [0.5, 0.6) is 0 Å². The van der Waals surface area contributed by atoms with E-state index in [0.29, 0.717) is 25.2 Å². The topological polar surface area (TPSA) is 77.8 Å². The number of aliphatic hydroxyl groups excluding tert-OH is 1. The van der Waals surface area contributed by atoms with E-state index in [1.807, 2.05) is 6.92 Å². The second-order valence-electron chi connectivity index (χ2n) is 9.30. The van der Waals surface area contributed by atoms with Gasteiger partial charge < -0.3 is 15.3 Å². The summed E-state index contributed by atoms with van der Waals surface area (Å²) in [7, 11) is 0. The SMILES string of the molecule is CC(=CC(=O)O)CCC1C(C)(O)C(O)CC2C(C)(C)CCCC21C. The monoisotopic (exact) mass is 338 g/mol. The molecule has 0 aromatic carbocycles. The van der Waals surface area contributed by atoms with Crippen LogP contribution in [0, 0.1) is 22.7 Å². The molecule has 2 rings (SSSR count). The van der Waals surface area contributed by atoms with Gasteiger partial charge in [0.05, 0.1) is 11.7 Å². The van der Waals surface area contributed by atoms with E-state index < -0.39 is 17.7 Å². The Morgan fingerprint density at radius 2 is 1.83 bits per heavy atom. The minimum atomic E-state index is -1.12. The van der Waals surface area contributed by atoms with Gasteiger partial charge in [0.25, 0.3) is 0 Å². The number of carboxylic acid groups (broad SMARTS) is 1. The van der Waals surface area contributed by atoms with Gasteiger partial charge in [-0.2, -0.15) is 0 Å². The molecular formula is C20H34O4. The highest BCUT2D eigenvalue weighted by Gasteiger charge is 2.60. The lowest BCUT2D eigenvalue weighted by atomic mass is 9.44. The summed E-state index contributed by atoms with van der Waals surface area (Å²) in [6.45, 7) is 10.4. The minimum Gasteiger partial charge on any atom is -0.478 e. The fourth-order valence-electron chi connectivity index (χ4n) is 5.81. The van der Waals surface area contributed by atoms with E-state index in [1.54, 1.807) is 6.92 Å². The summed E-state index contributed by atoms with van der Waals surface area (Å²) in [6.07, 6.45) is 5.90. The molecule has 4 heteroatoms. The fraction of sp³-hybridized carbons (Fsp3) is 0.850. The quantitative estimate of drug-likeness (QED) is 0.682. The van der Waals surface area contributed by atoms with Gasteiger partial charge >= 0.3 is 5.97 Å². The molecule has 2 aliphatic rings. The molecule has 0 spiro atoms. The summed E-state index contributed by atoms with van der Waals surface area (Å²) < 4.78 is 0. The number of allylic oxidation sites excluding steroid dienone is 1. The van der Waals surface area contributed by atoms with Crippen molar-refractivity contribution in [1.82, 2.24) is 0 Å². The van der Waals surface area contributed by atoms with Crippen LogP contribution in [0.4, 0.5) is 0 Å². The van der Waals surface area contributed by atoms with Crippen LogP contribution in [0.1, 0.15) is 73.1 Å². The summed E-state index contributed by atoms with van der Waals surface area (Å²) in [5.74, 6) is -0.580. The second kappa shape index (κ2) is 6.45. The first-order valence-corrected chi connectivity index (χ1v) is 9.22. The summed E-state index contributed by atoms with van der Waals surface area (Å²) in [5.41, 5.74) is -0.168. The summed E-state index contributed by atoms with van der Waals surface area (Å²) in [5, 5.41) is 30.6. The molecule has 0 radical (unpaired) electrons. The lowest BCUT2D eigenvalue weighted by Gasteiger charge is -2.62. The Hall–Kier alpha value is -0.870. The first-order valence-electron chi connectivity index (χ1n) is 9.22. The molecule has 0 aromatic heterocycles. The average Bonchev–Trinajstić information content (AvgIpc) is 2.40. The number of aliphatic hydroxyl groups is 2. The molecule has 0 saturated heterocycles. The van der Waals surface area contributed by atoms with E-state index >= 15 is 0 Å². The Morgan fingerprint density at radius 3 is 2.42 bits per heavy atom. The number of fused-ring (bicyclic) bond motifs is 1. The van der Waals surface area contributed by atoms with Crippen LogP contribution in [0.2, 0.25) is 0 Å². The Balaban J connectivity index is 2.31. The van der Waals surface area contributed by atoms with Crippen molar-refractivity contribution in [3.8, 4) is 0 Å². The molecule has 2 fully saturated rings. The molecule has 138 valence electrons. The molecule has 5 atom stereocenters. The van der Waals surface area contributed by atoms with E-state index in [4.69, 9.17) is 5.11 Å². The van der Waals surface area contributed by atoms with E-state index in [9.17, 15) is 15.0 Å². The zero-order valence-corrected chi connectivity index (χ0v) is 15.8. The lowest BCUT2D eigenvalue weighted by Crippen LogP contribution is -2.63. The predicted octanol–water partition coefficient (Wildman–Crippen LogP) is 3.76. The van der Waals surface area contributed by atoms with Gasteiger partial charge in [-0.25, -0.2) is 4.79 Å². The number of carboxylic acids is 1. The van der Waals surface area contributed by atoms with Gasteiger partial charge in [-0.3, -0.25) is 0 Å². The van der Waals surface area contributed by atoms with Gasteiger partial charge in [0, 0.05) is 6.08 Å². The van der Waals surface area contributed by atoms with Crippen LogP contribution >= 0.6 is 0 Å². The molecule has 0 amide bonds. The van der Waals surface area contributed by atoms with Crippen molar-refractivity contribution in [2.75, 3.05) is 0 Å². The normalized spacial score (nSPS) is 42.5. The smallest absolute Gasteiger partial charge is 0.328 e. The van der Waals surface area contributed by atoms with Gasteiger partial charge in [-0.1, -0.05) is 32.8 Å². The number of rotatable bonds is 4. The van der Waals surface area contributed by atoms with Crippen LogP contribution in [-0.4, -0.2) is 33.0 Å². The van der Waals surface area contributed by atoms with Crippen LogP contribution in [0.15, 0.2) is 11.6 Å². The van der Waals surface area contributed by atoms with Crippen molar-refractivity contribution in [2.45, 2.75) is 84.8 Å². The molecule has 2 aliphatic carbocycles. The molecule has 0 aromatic rings. The summed E-state index contributed by atoms with van der Waals surface area (Å²) in [6, 6.07) is 0. The third-order valence-corrected chi connectivity index (χ3v) is 7.11. The Bertz CT molecular complexity index is 520. The second-order valence-corrected chi connectivity index (χ2v) is 9.30. The highest BCUT2D eigenvalue weighted by atomic mass is 16.4. The molecular weight excluding hydrogens is 304 g/mol. The van der Waals surface area contributed by atoms with Gasteiger partial charge in [0.2, 0.25) is 0 Å². The molecule has 0 aliphatic heterocycles. The predicted molar refractivity (Wildman–Crippen MR) is 94.6 cm³/mol. The number of hydrogen-bond donors (Lipinski definition) is 3. The maximum atomic E-state index is 11.1. The molecule has 4 nitrogen and oxygen atoms in total. The average molecular weight is 338 g/mol. The number of aliphatic carboxylic acids is 1. The summed E-state index contributed by atoms with van der Waals surface area (Å²) in [4.78, 5) is 10.9. The highest BCUT2D eigenvalue weighted by Crippen LogP contribution is 2.62. The first-order chi connectivity index (χ1) is 10.9. The maximum Gasteiger partial charge on any atom is 0.328 e. The molecule has 0 bridgehead atoms. The Labute approximate surface area is 146 Å². The molecule has 0 heterocycles. The first kappa shape index (κ1) is 19.5. The van der Waals surface area contributed by atoms with E-state index in [1.165, 1.54) is 6.08 Å². The highest BCUT2D eigenvalue weighted by molar-refractivity contribution is 5.80. The third-order valence-electron chi connectivity index (χ3n) is 7.11. The van der Waals surface area contributed by atoms with Crippen molar-refractivity contribution in [3.05, 3.63) is 11.6 Å². The van der Waals surface area contributed by atoms with Crippen LogP contribution in [0.3, 0.4) is 0 Å². The van der Waals surface area contributed by atoms with Crippen molar-refractivity contribution < 1.29 is 20.1 Å². The van der Waals surface area contributed by atoms with Gasteiger partial charge in [-0.05, 0) is 68.6 Å². The number of carbonyl (C=O) groups is 1. The van der Waals surface area contributed by atoms with E-state index in [0.717, 1.165) is 24.8 Å². The van der Waals surface area contributed by atoms with Crippen LogP contribution in [0.25, 0.3) is 0 Å². The molecule has 5 unspecified atom stereocenters. The van der Waals surface area contributed by atoms with Crippen molar-refractivity contribution in [1.29, 1.82) is 0 Å². The van der Waals surface area contributed by atoms with Crippen LogP contribution < -0.4 is 0 Å². The van der Waals surface area contributed by atoms with Crippen molar-refractivity contribution in [3.63, 3.8) is 0 Å². The summed E-state index contributed by atoms with van der Waals surface area (Å²) >= 11 is 0. The fourth-order valence-corrected chi connectivity index (χ4v) is 5.81. The zero-order valence-electron chi connectivity index (χ0n) is 15.8. The van der Waals surface area contributed by atoms with Gasteiger partial charge in [-0.15, -0.1) is 0 Å². The Kier molecular flexibility index (Phi) is 5.23.